The lowest BCUT2D eigenvalue weighted by Crippen LogP contribution is -2.19. The number of nitrogens with one attached hydrogen (secondary N) is 2. The van der Waals surface area contributed by atoms with E-state index in [1.165, 1.54) is 0 Å². The average Bonchev–Trinajstić information content (AvgIpc) is 3.03. The molecule has 0 saturated heterocycles. The molecule has 4 rings (SSSR count). The van der Waals surface area contributed by atoms with Crippen LogP contribution in [-0.2, 0) is 9.53 Å². The molecule has 3 heterocycles. The molecule has 0 aliphatic carbocycles. The summed E-state index contributed by atoms with van der Waals surface area (Å²) in [6, 6.07) is 9.99. The van der Waals surface area contributed by atoms with E-state index in [-0.39, 0.29) is 11.9 Å². The number of hydrogen-bond acceptors (Lipinski definition) is 4. The number of rotatable bonds is 1. The van der Waals surface area contributed by atoms with Gasteiger partial charge in [0.2, 0.25) is 0 Å². The standard InChI is InChI=1S/C15H13N3O2/c1-8-11-12(9-5-3-2-4-6-9)13-10(7-20-15(13)19)16-14(11)18-17-8/h2-6,12H,7H2,1H3,(H2,16,17,18). The highest BCUT2D eigenvalue weighted by molar-refractivity contribution is 5.97. The number of anilines is 1. The summed E-state index contributed by atoms with van der Waals surface area (Å²) in [5, 5.41) is 10.5. The van der Waals surface area contributed by atoms with E-state index in [0.29, 0.717) is 12.2 Å². The van der Waals surface area contributed by atoms with Crippen LogP contribution in [0, 0.1) is 6.92 Å². The second kappa shape index (κ2) is 3.96. The number of carbonyl (C=O) groups is 1. The molecule has 5 nitrogen and oxygen atoms in total. The number of H-pyrrole nitrogens is 1. The molecule has 0 radical (unpaired) electrons. The van der Waals surface area contributed by atoms with Crippen LogP contribution in [0.25, 0.3) is 0 Å². The van der Waals surface area contributed by atoms with E-state index in [1.54, 1.807) is 0 Å². The Kier molecular flexibility index (Phi) is 2.24. The third-order valence-corrected chi connectivity index (χ3v) is 3.87. The zero-order valence-corrected chi connectivity index (χ0v) is 10.9. The lowest BCUT2D eigenvalue weighted by Gasteiger charge is -2.24. The van der Waals surface area contributed by atoms with Gasteiger partial charge in [0.25, 0.3) is 0 Å². The monoisotopic (exact) mass is 267 g/mol. The summed E-state index contributed by atoms with van der Waals surface area (Å²) in [6.45, 7) is 2.26. The van der Waals surface area contributed by atoms with Crippen LogP contribution in [0.3, 0.4) is 0 Å². The van der Waals surface area contributed by atoms with Crippen molar-refractivity contribution in [1.29, 1.82) is 0 Å². The van der Waals surface area contributed by atoms with Crippen LogP contribution in [0.1, 0.15) is 22.7 Å². The van der Waals surface area contributed by atoms with Crippen molar-refractivity contribution in [3.05, 3.63) is 58.4 Å². The van der Waals surface area contributed by atoms with Gasteiger partial charge in [-0.15, -0.1) is 0 Å². The Labute approximate surface area is 115 Å². The maximum absolute atomic E-state index is 12.1. The van der Waals surface area contributed by atoms with Gasteiger partial charge in [-0.3, -0.25) is 5.10 Å². The molecule has 2 aliphatic rings. The van der Waals surface area contributed by atoms with E-state index in [2.05, 4.69) is 15.5 Å². The minimum Gasteiger partial charge on any atom is -0.456 e. The van der Waals surface area contributed by atoms with Crippen molar-refractivity contribution < 1.29 is 9.53 Å². The first kappa shape index (κ1) is 11.3. The number of esters is 1. The van der Waals surface area contributed by atoms with Crippen LogP contribution < -0.4 is 5.32 Å². The molecule has 0 bridgehead atoms. The molecule has 1 unspecified atom stereocenters. The van der Waals surface area contributed by atoms with Crippen LogP contribution >= 0.6 is 0 Å². The van der Waals surface area contributed by atoms with Gasteiger partial charge in [-0.2, -0.15) is 5.10 Å². The van der Waals surface area contributed by atoms with Crippen LogP contribution in [0.5, 0.6) is 0 Å². The van der Waals surface area contributed by atoms with E-state index >= 15 is 0 Å². The minimum absolute atomic E-state index is 0.115. The van der Waals surface area contributed by atoms with Gasteiger partial charge >= 0.3 is 5.97 Å². The Hall–Kier alpha value is -2.56. The predicted octanol–water partition coefficient (Wildman–Crippen LogP) is 2.09. The molecule has 5 heteroatoms. The first-order valence-corrected chi connectivity index (χ1v) is 6.52. The molecule has 0 amide bonds. The third-order valence-electron chi connectivity index (χ3n) is 3.87. The fourth-order valence-corrected chi connectivity index (χ4v) is 2.96. The van der Waals surface area contributed by atoms with Crippen molar-refractivity contribution in [3.63, 3.8) is 0 Å². The van der Waals surface area contributed by atoms with Gasteiger partial charge in [0.1, 0.15) is 6.61 Å². The van der Waals surface area contributed by atoms with Crippen LogP contribution in [-0.4, -0.2) is 22.8 Å². The van der Waals surface area contributed by atoms with Gasteiger partial charge in [-0.25, -0.2) is 4.79 Å². The first-order chi connectivity index (χ1) is 9.75. The molecule has 0 spiro atoms. The number of fused-ring (bicyclic) bond motifs is 1. The van der Waals surface area contributed by atoms with Crippen molar-refractivity contribution in [1.82, 2.24) is 10.2 Å². The van der Waals surface area contributed by atoms with Gasteiger partial charge < -0.3 is 10.1 Å². The largest absolute Gasteiger partial charge is 0.456 e. The number of hydrogen-bond donors (Lipinski definition) is 2. The Bertz CT molecular complexity index is 731. The highest BCUT2D eigenvalue weighted by Crippen LogP contribution is 2.44. The predicted molar refractivity (Wildman–Crippen MR) is 73.2 cm³/mol. The topological polar surface area (TPSA) is 67.0 Å². The molecular weight excluding hydrogens is 254 g/mol. The van der Waals surface area contributed by atoms with Crippen molar-refractivity contribution >= 4 is 11.8 Å². The lowest BCUT2D eigenvalue weighted by atomic mass is 9.82. The second-order valence-electron chi connectivity index (χ2n) is 5.05. The van der Waals surface area contributed by atoms with Crippen LogP contribution in [0.4, 0.5) is 5.82 Å². The van der Waals surface area contributed by atoms with E-state index in [9.17, 15) is 4.79 Å². The van der Waals surface area contributed by atoms with Crippen molar-refractivity contribution in [3.8, 4) is 0 Å². The smallest absolute Gasteiger partial charge is 0.337 e. The van der Waals surface area contributed by atoms with Crippen molar-refractivity contribution in [2.75, 3.05) is 11.9 Å². The number of cyclic esters (lactones) is 1. The highest BCUT2D eigenvalue weighted by Gasteiger charge is 2.40. The van der Waals surface area contributed by atoms with Crippen molar-refractivity contribution in [2.24, 2.45) is 0 Å². The van der Waals surface area contributed by atoms with Crippen LogP contribution in [0.2, 0.25) is 0 Å². The molecule has 2 aromatic rings. The number of aromatic nitrogens is 2. The Morgan fingerprint density at radius 1 is 1.30 bits per heavy atom. The summed E-state index contributed by atoms with van der Waals surface area (Å²) < 4.78 is 5.18. The molecule has 1 aromatic carbocycles. The Morgan fingerprint density at radius 2 is 2.10 bits per heavy atom. The molecule has 0 fully saturated rings. The summed E-state index contributed by atoms with van der Waals surface area (Å²) in [6.07, 6.45) is 0. The number of aryl methyl sites for hydroxylation is 1. The van der Waals surface area contributed by atoms with Crippen molar-refractivity contribution in [2.45, 2.75) is 12.8 Å². The number of benzene rings is 1. The highest BCUT2D eigenvalue weighted by atomic mass is 16.5. The van der Waals surface area contributed by atoms with Gasteiger partial charge in [0, 0.05) is 17.2 Å². The van der Waals surface area contributed by atoms with Gasteiger partial charge in [0.05, 0.1) is 11.3 Å². The van der Waals surface area contributed by atoms with E-state index in [0.717, 1.165) is 28.3 Å². The van der Waals surface area contributed by atoms with Crippen LogP contribution in [0.15, 0.2) is 41.6 Å². The zero-order chi connectivity index (χ0) is 13.7. The summed E-state index contributed by atoms with van der Waals surface area (Å²) in [4.78, 5) is 12.1. The lowest BCUT2D eigenvalue weighted by molar-refractivity contribution is -0.136. The molecule has 1 atom stereocenters. The molecule has 2 aliphatic heterocycles. The van der Waals surface area contributed by atoms with E-state index in [1.807, 2.05) is 37.3 Å². The normalized spacial score (nSPS) is 20.2. The molecule has 100 valence electrons. The number of nitrogens with zero attached hydrogens (tertiary/aromatic N) is 1. The average molecular weight is 267 g/mol. The van der Waals surface area contributed by atoms with Gasteiger partial charge in [-0.1, -0.05) is 30.3 Å². The maximum atomic E-state index is 12.1. The molecule has 20 heavy (non-hydrogen) atoms. The zero-order valence-electron chi connectivity index (χ0n) is 10.9. The summed E-state index contributed by atoms with van der Waals surface area (Å²) in [7, 11) is 0. The summed E-state index contributed by atoms with van der Waals surface area (Å²) in [5.41, 5.74) is 4.59. The number of ether oxygens (including phenoxy) is 1. The molecule has 2 N–H and O–H groups in total. The Morgan fingerprint density at radius 3 is 2.90 bits per heavy atom. The van der Waals surface area contributed by atoms with E-state index in [4.69, 9.17) is 4.74 Å². The molecule has 0 saturated carbocycles. The third kappa shape index (κ3) is 1.43. The maximum Gasteiger partial charge on any atom is 0.337 e. The molecular formula is C15H13N3O2. The summed E-state index contributed by atoms with van der Waals surface area (Å²) in [5.74, 6) is 0.428. The quantitative estimate of drug-likeness (QED) is 0.776. The molecule has 1 aromatic heterocycles. The summed E-state index contributed by atoms with van der Waals surface area (Å²) >= 11 is 0. The number of carbonyl (C=O) groups excluding carboxylic acids is 1. The minimum atomic E-state index is -0.243. The second-order valence-corrected chi connectivity index (χ2v) is 5.05. The fraction of sp³-hybridized carbons (Fsp3) is 0.200. The van der Waals surface area contributed by atoms with E-state index < -0.39 is 0 Å². The SMILES string of the molecule is Cc1[nH]nc2c1C(c1ccccc1)C1=C(COC1=O)N2. The first-order valence-electron chi connectivity index (χ1n) is 6.52. The van der Waals surface area contributed by atoms with Gasteiger partial charge in [0.15, 0.2) is 5.82 Å². The van der Waals surface area contributed by atoms with Gasteiger partial charge in [-0.05, 0) is 12.5 Å². The Balaban J connectivity index is 1.96. The number of aromatic amines is 1. The fourth-order valence-electron chi connectivity index (χ4n) is 2.96.